The number of β-lactam (4-membered cyclic amide) rings is 1. The molecule has 4 N–H and O–H groups in total. The first kappa shape index (κ1) is 19.0. The molecule has 0 aliphatic carbocycles. The number of thioether (sulfide) groups is 2. The number of fused-ring (bicyclic) bond motifs is 1. The van der Waals surface area contributed by atoms with Crippen molar-refractivity contribution in [1.82, 2.24) is 19.7 Å². The molecule has 1 aromatic rings. The molecule has 1 amide bonds. The van der Waals surface area contributed by atoms with Crippen LogP contribution in [0.5, 0.6) is 0 Å². The van der Waals surface area contributed by atoms with Gasteiger partial charge in [0.05, 0.1) is 0 Å². The Morgan fingerprint density at radius 3 is 2.88 bits per heavy atom. The van der Waals surface area contributed by atoms with Gasteiger partial charge >= 0.3 is 17.1 Å². The van der Waals surface area contributed by atoms with Crippen molar-refractivity contribution in [3.8, 4) is 0 Å². The van der Waals surface area contributed by atoms with Crippen molar-refractivity contribution in [3.63, 3.8) is 0 Å². The van der Waals surface area contributed by atoms with E-state index in [-0.39, 0.29) is 28.7 Å². The zero-order chi connectivity index (χ0) is 19.1. The van der Waals surface area contributed by atoms with Crippen LogP contribution in [0.3, 0.4) is 0 Å². The summed E-state index contributed by atoms with van der Waals surface area (Å²) >= 11 is 2.45. The Kier molecular flexibility index (Phi) is 5.17. The van der Waals surface area contributed by atoms with E-state index in [0.29, 0.717) is 18.7 Å². The van der Waals surface area contributed by atoms with Gasteiger partial charge < -0.3 is 15.7 Å². The van der Waals surface area contributed by atoms with Gasteiger partial charge in [0.15, 0.2) is 5.16 Å². The number of carbonyl (C=O) groups excluding carboxylic acids is 1. The number of amides is 1. The smallest absolute Gasteiger partial charge is 0.330 e. The minimum atomic E-state index is -1.17. The van der Waals surface area contributed by atoms with Crippen molar-refractivity contribution >= 4 is 35.4 Å². The summed E-state index contributed by atoms with van der Waals surface area (Å²) in [5.41, 5.74) is 3.04. The molecule has 0 saturated carbocycles. The lowest BCUT2D eigenvalue weighted by molar-refractivity contribution is -0.155. The van der Waals surface area contributed by atoms with Crippen molar-refractivity contribution in [3.05, 3.63) is 20.7 Å². The molecule has 3 atom stereocenters. The average molecular weight is 401 g/mol. The molecule has 2 aliphatic heterocycles. The average Bonchev–Trinajstić information content (AvgIpc) is 2.63. The predicted molar refractivity (Wildman–Crippen MR) is 96.1 cm³/mol. The summed E-state index contributed by atoms with van der Waals surface area (Å²) in [7, 11) is 0. The number of nitrogens with one attached hydrogen (secondary N) is 1. The molecule has 3 rings (SSSR count). The molecule has 1 aromatic heterocycles. The molecule has 142 valence electrons. The Morgan fingerprint density at radius 1 is 1.50 bits per heavy atom. The summed E-state index contributed by atoms with van der Waals surface area (Å²) in [4.78, 5) is 48.8. The second kappa shape index (κ2) is 7.08. The molecular formula is C14H19N5O5S2. The molecule has 0 bridgehead atoms. The molecule has 2 unspecified atom stereocenters. The van der Waals surface area contributed by atoms with Gasteiger partial charge in [0.1, 0.15) is 16.8 Å². The van der Waals surface area contributed by atoms with Gasteiger partial charge in [0, 0.05) is 24.6 Å². The monoisotopic (exact) mass is 401 g/mol. The van der Waals surface area contributed by atoms with Crippen LogP contribution in [-0.2, 0) is 16.1 Å². The second-order valence-corrected chi connectivity index (χ2v) is 8.41. The van der Waals surface area contributed by atoms with Crippen LogP contribution in [0.1, 0.15) is 13.3 Å². The van der Waals surface area contributed by atoms with Crippen molar-refractivity contribution in [2.24, 2.45) is 11.1 Å². The highest BCUT2D eigenvalue weighted by Crippen LogP contribution is 2.43. The van der Waals surface area contributed by atoms with Gasteiger partial charge in [-0.1, -0.05) is 18.7 Å². The summed E-state index contributed by atoms with van der Waals surface area (Å²) < 4.78 is 1.25. The largest absolute Gasteiger partial charge is 0.481 e. The maximum absolute atomic E-state index is 12.0. The highest BCUT2D eigenvalue weighted by Gasteiger charge is 2.55. The van der Waals surface area contributed by atoms with Crippen LogP contribution < -0.4 is 16.9 Å². The Hall–Kier alpha value is -1.79. The second-order valence-electron chi connectivity index (χ2n) is 6.36. The van der Waals surface area contributed by atoms with Gasteiger partial charge in [-0.2, -0.15) is 0 Å². The number of hydrogen-bond acceptors (Lipinski definition) is 8. The lowest BCUT2D eigenvalue weighted by Crippen LogP contribution is -2.72. The van der Waals surface area contributed by atoms with E-state index in [1.807, 2.05) is 6.92 Å². The first-order valence-corrected chi connectivity index (χ1v) is 10.1. The van der Waals surface area contributed by atoms with E-state index in [2.05, 4.69) is 10.2 Å². The normalized spacial score (nSPS) is 27.8. The van der Waals surface area contributed by atoms with Crippen molar-refractivity contribution in [1.29, 1.82) is 0 Å². The van der Waals surface area contributed by atoms with Gasteiger partial charge in [0.2, 0.25) is 5.91 Å². The number of hydrogen-bond donors (Lipinski definition) is 3. The number of carbonyl (C=O) groups is 2. The Morgan fingerprint density at radius 2 is 2.23 bits per heavy atom. The van der Waals surface area contributed by atoms with Gasteiger partial charge in [0.25, 0.3) is 0 Å². The van der Waals surface area contributed by atoms with Crippen LogP contribution in [0.15, 0.2) is 14.7 Å². The van der Waals surface area contributed by atoms with Crippen LogP contribution in [0, 0.1) is 5.41 Å². The summed E-state index contributed by atoms with van der Waals surface area (Å²) in [5, 5.41) is 15.9. The van der Waals surface area contributed by atoms with Crippen molar-refractivity contribution in [2.45, 2.75) is 36.5 Å². The van der Waals surface area contributed by atoms with E-state index in [1.54, 1.807) is 0 Å². The maximum Gasteiger partial charge on any atom is 0.330 e. The van der Waals surface area contributed by atoms with Gasteiger partial charge in [-0.15, -0.1) is 16.9 Å². The fourth-order valence-electron chi connectivity index (χ4n) is 2.96. The minimum Gasteiger partial charge on any atom is -0.481 e. The number of nitrogens with two attached hydrogens (primary N) is 1. The maximum atomic E-state index is 12.0. The Bertz CT molecular complexity index is 855. The first-order chi connectivity index (χ1) is 12.3. The molecule has 0 radical (unpaired) electrons. The summed E-state index contributed by atoms with van der Waals surface area (Å²) in [5.74, 6) is -0.844. The molecule has 12 heteroatoms. The predicted octanol–water partition coefficient (Wildman–Crippen LogP) is -1.25. The summed E-state index contributed by atoms with van der Waals surface area (Å²) in [6.45, 7) is 2.24. The minimum absolute atomic E-state index is 0.0703. The van der Waals surface area contributed by atoms with E-state index in [4.69, 9.17) is 5.73 Å². The molecule has 10 nitrogen and oxygen atoms in total. The molecule has 0 spiro atoms. The number of carboxylic acids is 1. The van der Waals surface area contributed by atoms with Crippen molar-refractivity contribution in [2.75, 3.05) is 18.1 Å². The molecule has 2 saturated heterocycles. The third-order valence-corrected chi connectivity index (χ3v) is 7.36. The lowest BCUT2D eigenvalue weighted by atomic mass is 9.89. The fourth-order valence-corrected chi connectivity index (χ4v) is 5.74. The SMILES string of the molecule is CCCn1c(SCC2(C(=O)O)CS[C@@H]3C(N)C(=O)N3C2)n[nH]c(=O)c1=O. The molecule has 26 heavy (non-hydrogen) atoms. The van der Waals surface area contributed by atoms with Crippen LogP contribution >= 0.6 is 23.5 Å². The Labute approximate surface area is 156 Å². The van der Waals surface area contributed by atoms with E-state index in [0.717, 1.165) is 11.8 Å². The number of H-pyrrole nitrogens is 1. The van der Waals surface area contributed by atoms with Gasteiger partial charge in [-0.25, -0.2) is 5.10 Å². The topological polar surface area (TPSA) is 151 Å². The van der Waals surface area contributed by atoms with Crippen LogP contribution in [0.25, 0.3) is 0 Å². The molecule has 0 aromatic carbocycles. The molecule has 2 aliphatic rings. The van der Waals surface area contributed by atoms with Gasteiger partial charge in [-0.05, 0) is 6.42 Å². The molecular weight excluding hydrogens is 382 g/mol. The Balaban J connectivity index is 1.82. The van der Waals surface area contributed by atoms with Crippen LogP contribution in [-0.4, -0.2) is 66.1 Å². The number of aliphatic carboxylic acids is 1. The molecule has 2 fully saturated rings. The van der Waals surface area contributed by atoms with Crippen LogP contribution in [0.2, 0.25) is 0 Å². The van der Waals surface area contributed by atoms with Crippen LogP contribution in [0.4, 0.5) is 0 Å². The number of carboxylic acid groups (broad SMARTS) is 1. The number of nitrogens with zero attached hydrogens (tertiary/aromatic N) is 3. The number of aromatic nitrogens is 3. The van der Waals surface area contributed by atoms with E-state index in [9.17, 15) is 24.3 Å². The zero-order valence-corrected chi connectivity index (χ0v) is 15.6. The summed E-state index contributed by atoms with van der Waals surface area (Å²) in [6.07, 6.45) is 0.625. The molecule has 3 heterocycles. The zero-order valence-electron chi connectivity index (χ0n) is 14.0. The third kappa shape index (κ3) is 3.05. The number of aromatic amines is 1. The van der Waals surface area contributed by atoms with Gasteiger partial charge in [-0.3, -0.25) is 23.7 Å². The van der Waals surface area contributed by atoms with E-state index >= 15 is 0 Å². The highest BCUT2D eigenvalue weighted by molar-refractivity contribution is 8.00. The fraction of sp³-hybridized carbons (Fsp3) is 0.643. The lowest BCUT2D eigenvalue weighted by Gasteiger charge is -2.52. The van der Waals surface area contributed by atoms with E-state index in [1.165, 1.54) is 21.2 Å². The summed E-state index contributed by atoms with van der Waals surface area (Å²) in [6, 6.07) is -0.574. The quantitative estimate of drug-likeness (QED) is 0.301. The standard InChI is InChI=1S/C14H19N5O5S2/c1-2-3-18-10(22)8(20)16-17-13(18)26-6-14(12(23)24)4-19-9(21)7(15)11(19)25-5-14/h7,11H,2-6,15H2,1H3,(H,16,20)(H,23,24)/t7?,11-,14?/m1/s1. The van der Waals surface area contributed by atoms with Crippen molar-refractivity contribution < 1.29 is 14.7 Å². The highest BCUT2D eigenvalue weighted by atomic mass is 32.2. The van der Waals surface area contributed by atoms with E-state index < -0.39 is 28.5 Å². The first-order valence-electron chi connectivity index (χ1n) is 8.04. The number of rotatable bonds is 6. The third-order valence-electron chi connectivity index (χ3n) is 4.49.